The monoisotopic (exact) mass is 241 g/mol. The molecule has 1 heterocycles. The molecule has 0 saturated heterocycles. The summed E-state index contributed by atoms with van der Waals surface area (Å²) in [6.07, 6.45) is 1.49. The van der Waals surface area contributed by atoms with Gasteiger partial charge in [-0.2, -0.15) is 4.73 Å². The first kappa shape index (κ1) is 9.09. The van der Waals surface area contributed by atoms with Gasteiger partial charge in [-0.3, -0.25) is 0 Å². The number of nitrogens with zero attached hydrogens (tertiary/aromatic N) is 1. The summed E-state index contributed by atoms with van der Waals surface area (Å²) >= 11 is 4.67. The third-order valence-electron chi connectivity index (χ3n) is 0.803. The van der Waals surface area contributed by atoms with Crippen molar-refractivity contribution in [1.29, 1.82) is 0 Å². The first-order valence-electron chi connectivity index (χ1n) is 2.17. The van der Waals surface area contributed by atoms with Crippen molar-refractivity contribution in [2.24, 2.45) is 0 Å². The number of pyridine rings is 1. The SMILES string of the molecule is On1ccccc1=S.[Cd+2]. The Labute approximate surface area is 78.3 Å². The molecule has 4 heteroatoms. The van der Waals surface area contributed by atoms with E-state index >= 15 is 0 Å². The Morgan fingerprint density at radius 3 is 2.44 bits per heavy atom. The molecule has 42 valence electrons. The maximum absolute atomic E-state index is 8.73. The normalized spacial score (nSPS) is 8.00. The molecular weight excluding hydrogens is 235 g/mol. The van der Waals surface area contributed by atoms with Crippen molar-refractivity contribution in [2.45, 2.75) is 0 Å². The Hall–Kier alpha value is 0.0921. The van der Waals surface area contributed by atoms with E-state index in [-0.39, 0.29) is 27.3 Å². The predicted octanol–water partition coefficient (Wildman–Crippen LogP) is 1.45. The third kappa shape index (κ3) is 2.44. The summed E-state index contributed by atoms with van der Waals surface area (Å²) in [5.41, 5.74) is 0. The summed E-state index contributed by atoms with van der Waals surface area (Å²) in [5.74, 6) is 0. The molecule has 0 saturated carbocycles. The zero-order valence-electron chi connectivity index (χ0n) is 4.82. The molecule has 0 bridgehead atoms. The molecule has 2 nitrogen and oxygen atoms in total. The summed E-state index contributed by atoms with van der Waals surface area (Å²) in [6, 6.07) is 5.13. The van der Waals surface area contributed by atoms with Gasteiger partial charge in [0.25, 0.3) is 0 Å². The molecule has 0 radical (unpaired) electrons. The fourth-order valence-electron chi connectivity index (χ4n) is 0.419. The molecule has 0 aliphatic carbocycles. The fourth-order valence-corrected chi connectivity index (χ4v) is 0.558. The minimum atomic E-state index is 0. The van der Waals surface area contributed by atoms with Crippen molar-refractivity contribution in [2.75, 3.05) is 0 Å². The van der Waals surface area contributed by atoms with Gasteiger partial charge in [0.2, 0.25) is 0 Å². The van der Waals surface area contributed by atoms with E-state index in [1.54, 1.807) is 18.2 Å². The molecule has 0 aromatic carbocycles. The second-order valence-corrected chi connectivity index (χ2v) is 1.80. The van der Waals surface area contributed by atoms with Gasteiger partial charge < -0.3 is 5.21 Å². The summed E-state index contributed by atoms with van der Waals surface area (Å²) in [5, 5.41) is 8.73. The molecule has 9 heavy (non-hydrogen) atoms. The molecule has 0 fully saturated rings. The van der Waals surface area contributed by atoms with Crippen LogP contribution in [0, 0.1) is 4.64 Å². The van der Waals surface area contributed by atoms with Gasteiger partial charge in [-0.05, 0) is 12.1 Å². The van der Waals surface area contributed by atoms with Crippen molar-refractivity contribution < 1.29 is 32.5 Å². The predicted molar refractivity (Wildman–Crippen MR) is 32.5 cm³/mol. The van der Waals surface area contributed by atoms with E-state index in [1.807, 2.05) is 0 Å². The quantitative estimate of drug-likeness (QED) is 0.421. The largest absolute Gasteiger partial charge is 2.00 e. The maximum Gasteiger partial charge on any atom is 2.00 e. The van der Waals surface area contributed by atoms with Gasteiger partial charge in [-0.25, -0.2) is 0 Å². The van der Waals surface area contributed by atoms with Crippen LogP contribution in [0.3, 0.4) is 0 Å². The molecule has 0 atom stereocenters. The second kappa shape index (κ2) is 4.00. The topological polar surface area (TPSA) is 25.2 Å². The van der Waals surface area contributed by atoms with Crippen LogP contribution in [0.1, 0.15) is 0 Å². The standard InChI is InChI=1S/C5H5NOS.Cd/c7-6-4-2-1-3-5(6)8;/h1-4,7H;/q;+2. The summed E-state index contributed by atoms with van der Waals surface area (Å²) in [4.78, 5) is 0. The molecule has 0 spiro atoms. The van der Waals surface area contributed by atoms with Gasteiger partial charge in [0, 0.05) is 6.20 Å². The molecule has 0 aliphatic heterocycles. The van der Waals surface area contributed by atoms with Crippen LogP contribution in [-0.4, -0.2) is 9.94 Å². The Bertz CT molecular complexity index is 234. The maximum atomic E-state index is 8.73. The average molecular weight is 240 g/mol. The van der Waals surface area contributed by atoms with Crippen molar-refractivity contribution in [1.82, 2.24) is 4.73 Å². The number of hydrogen-bond donors (Lipinski definition) is 1. The Morgan fingerprint density at radius 2 is 2.11 bits per heavy atom. The van der Waals surface area contributed by atoms with Crippen LogP contribution >= 0.6 is 12.2 Å². The summed E-state index contributed by atoms with van der Waals surface area (Å²) < 4.78 is 1.32. The van der Waals surface area contributed by atoms with E-state index in [9.17, 15) is 0 Å². The van der Waals surface area contributed by atoms with Crippen LogP contribution in [0.4, 0.5) is 0 Å². The van der Waals surface area contributed by atoms with Gasteiger partial charge in [0.15, 0.2) is 0 Å². The minimum Gasteiger partial charge on any atom is -0.428 e. The molecule has 0 unspecified atom stereocenters. The zero-order chi connectivity index (χ0) is 5.98. The van der Waals surface area contributed by atoms with Crippen molar-refractivity contribution >= 4 is 12.2 Å². The van der Waals surface area contributed by atoms with E-state index in [0.717, 1.165) is 4.73 Å². The fraction of sp³-hybridized carbons (Fsp3) is 0. The summed E-state index contributed by atoms with van der Waals surface area (Å²) in [7, 11) is 0. The molecule has 0 amide bonds. The first-order valence-corrected chi connectivity index (χ1v) is 2.58. The average Bonchev–Trinajstić information content (AvgIpc) is 1.77. The third-order valence-corrected chi connectivity index (χ3v) is 1.13. The van der Waals surface area contributed by atoms with Crippen LogP contribution in [0.5, 0.6) is 0 Å². The van der Waals surface area contributed by atoms with E-state index in [4.69, 9.17) is 5.21 Å². The van der Waals surface area contributed by atoms with Gasteiger partial charge in [0.1, 0.15) is 4.64 Å². The van der Waals surface area contributed by atoms with E-state index in [1.165, 1.54) is 6.20 Å². The molecule has 1 aromatic heterocycles. The van der Waals surface area contributed by atoms with Crippen LogP contribution in [-0.2, 0) is 27.3 Å². The number of hydrogen-bond acceptors (Lipinski definition) is 2. The molecular formula is C5H5CdNOS+2. The van der Waals surface area contributed by atoms with Crippen LogP contribution < -0.4 is 0 Å². The number of rotatable bonds is 0. The smallest absolute Gasteiger partial charge is 0.428 e. The van der Waals surface area contributed by atoms with Crippen LogP contribution in [0.25, 0.3) is 0 Å². The van der Waals surface area contributed by atoms with E-state index in [2.05, 4.69) is 12.2 Å². The van der Waals surface area contributed by atoms with Crippen molar-refractivity contribution in [3.05, 3.63) is 29.0 Å². The van der Waals surface area contributed by atoms with Crippen LogP contribution in [0.2, 0.25) is 0 Å². The van der Waals surface area contributed by atoms with Crippen molar-refractivity contribution in [3.8, 4) is 0 Å². The first-order chi connectivity index (χ1) is 3.80. The van der Waals surface area contributed by atoms with Gasteiger partial charge in [-0.1, -0.05) is 18.3 Å². The van der Waals surface area contributed by atoms with Crippen molar-refractivity contribution in [3.63, 3.8) is 0 Å². The molecule has 0 aliphatic rings. The summed E-state index contributed by atoms with van der Waals surface area (Å²) in [6.45, 7) is 0. The van der Waals surface area contributed by atoms with Gasteiger partial charge in [0.05, 0.1) is 0 Å². The van der Waals surface area contributed by atoms with Gasteiger partial charge in [-0.15, -0.1) is 0 Å². The van der Waals surface area contributed by atoms with Gasteiger partial charge >= 0.3 is 27.3 Å². The Morgan fingerprint density at radius 1 is 1.44 bits per heavy atom. The van der Waals surface area contributed by atoms with E-state index < -0.39 is 0 Å². The zero-order valence-corrected chi connectivity index (χ0v) is 9.67. The Balaban J connectivity index is 0.000000640. The molecule has 1 rings (SSSR count). The number of aromatic nitrogens is 1. The van der Waals surface area contributed by atoms with E-state index in [0.29, 0.717) is 4.64 Å². The molecule has 1 aromatic rings. The Kier molecular flexibility index (Phi) is 4.04. The molecule has 1 N–H and O–H groups in total. The second-order valence-electron chi connectivity index (χ2n) is 1.38. The minimum absolute atomic E-state index is 0. The van der Waals surface area contributed by atoms with Crippen LogP contribution in [0.15, 0.2) is 24.4 Å².